The molecule has 3 heteroatoms. The van der Waals surface area contributed by atoms with E-state index in [1.54, 1.807) is 6.92 Å². The lowest BCUT2D eigenvalue weighted by atomic mass is 10.2. The minimum absolute atomic E-state index is 0.00769. The first-order valence-electron chi connectivity index (χ1n) is 4.29. The zero-order valence-electron chi connectivity index (χ0n) is 7.79. The zero-order valence-corrected chi connectivity index (χ0v) is 7.79. The van der Waals surface area contributed by atoms with Crippen LogP contribution in [0.25, 0.3) is 0 Å². The van der Waals surface area contributed by atoms with Crippen LogP contribution in [0.15, 0.2) is 24.3 Å². The third-order valence-corrected chi connectivity index (χ3v) is 1.74. The van der Waals surface area contributed by atoms with Crippen molar-refractivity contribution in [3.8, 4) is 0 Å². The largest absolute Gasteiger partial charge is 0.460 e. The van der Waals surface area contributed by atoms with Gasteiger partial charge in [0, 0.05) is 5.57 Å². The summed E-state index contributed by atoms with van der Waals surface area (Å²) in [6.45, 7) is 6.04. The van der Waals surface area contributed by atoms with Gasteiger partial charge in [-0.05, 0) is 13.3 Å². The minimum atomic E-state index is -0.349. The molecular weight excluding hydrogens is 168 g/mol. The predicted molar refractivity (Wildman–Crippen MR) is 49.3 cm³/mol. The smallest absolute Gasteiger partial charge is 0.333 e. The molecule has 0 aromatic carbocycles. The quantitative estimate of drug-likeness (QED) is 0.376. The van der Waals surface area contributed by atoms with Crippen molar-refractivity contribution in [2.75, 3.05) is 13.2 Å². The summed E-state index contributed by atoms with van der Waals surface area (Å²) in [6, 6.07) is 0. The summed E-state index contributed by atoms with van der Waals surface area (Å²) in [5.74, 6) is -0.349. The molecule has 0 N–H and O–H groups in total. The van der Waals surface area contributed by atoms with Gasteiger partial charge in [-0.2, -0.15) is 0 Å². The Kier molecular flexibility index (Phi) is 3.71. The number of ether oxygens (including phenoxy) is 2. The Labute approximate surface area is 78.0 Å². The van der Waals surface area contributed by atoms with Gasteiger partial charge in [-0.25, -0.2) is 4.79 Å². The van der Waals surface area contributed by atoms with Crippen molar-refractivity contribution in [1.29, 1.82) is 0 Å². The fourth-order valence-electron chi connectivity index (χ4n) is 0.984. The fourth-order valence-corrected chi connectivity index (χ4v) is 0.984. The van der Waals surface area contributed by atoms with Crippen LogP contribution < -0.4 is 0 Å². The first-order valence-corrected chi connectivity index (χ1v) is 4.29. The molecule has 0 aliphatic carbocycles. The van der Waals surface area contributed by atoms with Crippen molar-refractivity contribution in [3.63, 3.8) is 0 Å². The molecular formula is C10H14O3. The van der Waals surface area contributed by atoms with E-state index in [2.05, 4.69) is 6.58 Å². The van der Waals surface area contributed by atoms with Crippen LogP contribution in [0.5, 0.6) is 0 Å². The van der Waals surface area contributed by atoms with Gasteiger partial charge in [0.1, 0.15) is 6.61 Å². The number of rotatable bonds is 3. The molecule has 3 nitrogen and oxygen atoms in total. The average molecular weight is 182 g/mol. The Morgan fingerprint density at radius 3 is 3.00 bits per heavy atom. The molecule has 1 heterocycles. The lowest BCUT2D eigenvalue weighted by Crippen LogP contribution is -2.23. The molecule has 72 valence electrons. The van der Waals surface area contributed by atoms with E-state index in [0.717, 1.165) is 6.42 Å². The third-order valence-electron chi connectivity index (χ3n) is 1.74. The molecule has 0 bridgehead atoms. The van der Waals surface area contributed by atoms with E-state index < -0.39 is 0 Å². The molecule has 1 unspecified atom stereocenters. The van der Waals surface area contributed by atoms with Crippen molar-refractivity contribution in [3.05, 3.63) is 24.3 Å². The summed E-state index contributed by atoms with van der Waals surface area (Å²) in [4.78, 5) is 11.0. The number of hydrogen-bond acceptors (Lipinski definition) is 3. The van der Waals surface area contributed by atoms with E-state index in [1.807, 2.05) is 12.2 Å². The summed E-state index contributed by atoms with van der Waals surface area (Å²) in [5.41, 5.74) is 0.423. The van der Waals surface area contributed by atoms with Crippen molar-refractivity contribution < 1.29 is 14.3 Å². The van der Waals surface area contributed by atoms with Gasteiger partial charge in [0.2, 0.25) is 0 Å². The van der Waals surface area contributed by atoms with E-state index in [-0.39, 0.29) is 12.1 Å². The Balaban J connectivity index is 2.22. The molecule has 1 atom stereocenters. The van der Waals surface area contributed by atoms with Crippen molar-refractivity contribution in [1.82, 2.24) is 0 Å². The second-order valence-corrected chi connectivity index (χ2v) is 3.04. The zero-order chi connectivity index (χ0) is 9.68. The second kappa shape index (κ2) is 4.82. The van der Waals surface area contributed by atoms with E-state index in [1.165, 1.54) is 0 Å². The van der Waals surface area contributed by atoms with Crippen LogP contribution in [0.4, 0.5) is 0 Å². The molecule has 1 aliphatic rings. The SMILES string of the molecule is C=C(C)C(=O)OCC1CC=CCO1. The van der Waals surface area contributed by atoms with E-state index >= 15 is 0 Å². The maximum Gasteiger partial charge on any atom is 0.333 e. The van der Waals surface area contributed by atoms with E-state index in [9.17, 15) is 4.79 Å². The van der Waals surface area contributed by atoms with E-state index in [0.29, 0.717) is 18.8 Å². The summed E-state index contributed by atoms with van der Waals surface area (Å²) in [7, 11) is 0. The molecule has 0 amide bonds. The van der Waals surface area contributed by atoms with Crippen LogP contribution in [0.3, 0.4) is 0 Å². The van der Waals surface area contributed by atoms with Gasteiger partial charge in [0.05, 0.1) is 12.7 Å². The highest BCUT2D eigenvalue weighted by atomic mass is 16.6. The Bertz CT molecular complexity index is 230. The molecule has 0 spiro atoms. The van der Waals surface area contributed by atoms with Gasteiger partial charge in [-0.15, -0.1) is 0 Å². The van der Waals surface area contributed by atoms with Crippen LogP contribution in [-0.4, -0.2) is 25.3 Å². The Morgan fingerprint density at radius 2 is 2.46 bits per heavy atom. The van der Waals surface area contributed by atoms with Crippen LogP contribution >= 0.6 is 0 Å². The molecule has 0 fully saturated rings. The normalized spacial score (nSPS) is 21.2. The van der Waals surface area contributed by atoms with Crippen molar-refractivity contribution >= 4 is 5.97 Å². The molecule has 0 aromatic heterocycles. The highest BCUT2D eigenvalue weighted by Crippen LogP contribution is 2.07. The molecule has 1 rings (SSSR count). The van der Waals surface area contributed by atoms with Crippen LogP contribution in [-0.2, 0) is 14.3 Å². The monoisotopic (exact) mass is 182 g/mol. The van der Waals surface area contributed by atoms with E-state index in [4.69, 9.17) is 9.47 Å². The molecule has 0 saturated carbocycles. The third kappa shape index (κ3) is 3.42. The minimum Gasteiger partial charge on any atom is -0.460 e. The summed E-state index contributed by atoms with van der Waals surface area (Å²) < 4.78 is 10.3. The topological polar surface area (TPSA) is 35.5 Å². The molecule has 13 heavy (non-hydrogen) atoms. The van der Waals surface area contributed by atoms with Crippen LogP contribution in [0, 0.1) is 0 Å². The lowest BCUT2D eigenvalue weighted by Gasteiger charge is -2.18. The van der Waals surface area contributed by atoms with Gasteiger partial charge >= 0.3 is 5.97 Å². The second-order valence-electron chi connectivity index (χ2n) is 3.04. The van der Waals surface area contributed by atoms with Gasteiger partial charge in [-0.1, -0.05) is 18.7 Å². The summed E-state index contributed by atoms with van der Waals surface area (Å²) >= 11 is 0. The standard InChI is InChI=1S/C10H14O3/c1-8(2)10(11)13-7-9-5-3-4-6-12-9/h3-4,9H,1,5-7H2,2H3. The van der Waals surface area contributed by atoms with Gasteiger partial charge in [0.25, 0.3) is 0 Å². The summed E-state index contributed by atoms with van der Waals surface area (Å²) in [5, 5.41) is 0. The molecule has 0 aromatic rings. The molecule has 0 saturated heterocycles. The average Bonchev–Trinajstić information content (AvgIpc) is 2.15. The molecule has 1 aliphatic heterocycles. The highest BCUT2D eigenvalue weighted by molar-refractivity contribution is 5.86. The first kappa shape index (κ1) is 9.99. The van der Waals surface area contributed by atoms with Gasteiger partial charge < -0.3 is 9.47 Å². The fraction of sp³-hybridized carbons (Fsp3) is 0.500. The van der Waals surface area contributed by atoms with Crippen LogP contribution in [0.1, 0.15) is 13.3 Å². The Hall–Kier alpha value is -1.09. The maximum absolute atomic E-state index is 11.0. The van der Waals surface area contributed by atoms with Gasteiger partial charge in [0.15, 0.2) is 0 Å². The number of carbonyl (C=O) groups is 1. The predicted octanol–water partition coefficient (Wildman–Crippen LogP) is 1.45. The summed E-state index contributed by atoms with van der Waals surface area (Å²) in [6.07, 6.45) is 4.80. The Morgan fingerprint density at radius 1 is 1.69 bits per heavy atom. The maximum atomic E-state index is 11.0. The van der Waals surface area contributed by atoms with Gasteiger partial charge in [-0.3, -0.25) is 0 Å². The first-order chi connectivity index (χ1) is 6.20. The number of hydrogen-bond donors (Lipinski definition) is 0. The van der Waals surface area contributed by atoms with Crippen molar-refractivity contribution in [2.45, 2.75) is 19.4 Å². The lowest BCUT2D eigenvalue weighted by molar-refractivity contribution is -0.143. The highest BCUT2D eigenvalue weighted by Gasteiger charge is 2.12. The van der Waals surface area contributed by atoms with Crippen LogP contribution in [0.2, 0.25) is 0 Å². The number of carbonyl (C=O) groups excluding carboxylic acids is 1. The molecule has 0 radical (unpaired) electrons. The van der Waals surface area contributed by atoms with Crippen molar-refractivity contribution in [2.24, 2.45) is 0 Å². The number of esters is 1.